The number of fused-ring (bicyclic) bond motifs is 2. The number of carbonyl (C=O) groups excluding carboxylic acids is 2. The Kier molecular flexibility index (Phi) is 5.19. The van der Waals surface area contributed by atoms with Crippen LogP contribution in [0.3, 0.4) is 0 Å². The molecular formula is C21H25N5O3. The van der Waals surface area contributed by atoms with E-state index in [9.17, 15) is 9.59 Å². The van der Waals surface area contributed by atoms with Crippen molar-refractivity contribution < 1.29 is 14.3 Å². The number of amides is 2. The summed E-state index contributed by atoms with van der Waals surface area (Å²) in [5.41, 5.74) is 6.78. The van der Waals surface area contributed by atoms with Gasteiger partial charge in [-0.05, 0) is 44.4 Å². The van der Waals surface area contributed by atoms with E-state index < -0.39 is 11.3 Å². The molecule has 2 aliphatic heterocycles. The number of primary amides is 1. The molecule has 1 saturated heterocycles. The van der Waals surface area contributed by atoms with Crippen LogP contribution in [0, 0.1) is 0 Å². The normalized spacial score (nSPS) is 24.0. The highest BCUT2D eigenvalue weighted by Gasteiger charge is 2.47. The van der Waals surface area contributed by atoms with Gasteiger partial charge in [0.2, 0.25) is 11.7 Å². The van der Waals surface area contributed by atoms with Crippen LogP contribution in [0.4, 0.5) is 5.69 Å². The van der Waals surface area contributed by atoms with Gasteiger partial charge in [0.15, 0.2) is 5.75 Å². The molecule has 0 bridgehead atoms. The van der Waals surface area contributed by atoms with Crippen molar-refractivity contribution in [2.75, 3.05) is 25.0 Å². The first-order valence-corrected chi connectivity index (χ1v) is 9.89. The maximum absolute atomic E-state index is 12.8. The Labute approximate surface area is 169 Å². The Balaban J connectivity index is 1.38. The summed E-state index contributed by atoms with van der Waals surface area (Å²) in [7, 11) is 0. The van der Waals surface area contributed by atoms with Crippen LogP contribution in [0.2, 0.25) is 0 Å². The highest BCUT2D eigenvalue weighted by atomic mass is 16.5. The number of nitrogens with two attached hydrogens (primary N) is 1. The number of hydrogen-bond acceptors (Lipinski definition) is 6. The van der Waals surface area contributed by atoms with Gasteiger partial charge < -0.3 is 15.8 Å². The fourth-order valence-corrected chi connectivity index (χ4v) is 4.32. The monoisotopic (exact) mass is 395 g/mol. The van der Waals surface area contributed by atoms with Gasteiger partial charge >= 0.3 is 0 Å². The molecule has 152 valence electrons. The first kappa shape index (κ1) is 19.3. The van der Waals surface area contributed by atoms with Crippen LogP contribution >= 0.6 is 0 Å². The fourth-order valence-electron chi connectivity index (χ4n) is 4.32. The molecule has 1 aromatic heterocycles. The van der Waals surface area contributed by atoms with Gasteiger partial charge in [-0.15, -0.1) is 0 Å². The number of benzene rings is 1. The summed E-state index contributed by atoms with van der Waals surface area (Å²) in [4.78, 5) is 34.0. The number of likely N-dealkylation sites (tertiary alicyclic amines) is 1. The molecule has 2 unspecified atom stereocenters. The molecule has 0 aliphatic carbocycles. The lowest BCUT2D eigenvalue weighted by Gasteiger charge is -2.27. The highest BCUT2D eigenvalue weighted by Crippen LogP contribution is 2.45. The Morgan fingerprint density at radius 3 is 2.83 bits per heavy atom. The van der Waals surface area contributed by atoms with Crippen LogP contribution in [0.1, 0.15) is 42.4 Å². The zero-order valence-corrected chi connectivity index (χ0v) is 16.4. The average molecular weight is 395 g/mol. The van der Waals surface area contributed by atoms with Crippen LogP contribution in [-0.4, -0.2) is 52.4 Å². The molecule has 1 fully saturated rings. The molecule has 1 aromatic carbocycles. The van der Waals surface area contributed by atoms with Gasteiger partial charge in [0.05, 0.1) is 17.8 Å². The zero-order valence-electron chi connectivity index (χ0n) is 16.4. The predicted molar refractivity (Wildman–Crippen MR) is 108 cm³/mol. The Bertz CT molecular complexity index is 917. The molecule has 2 aromatic rings. The van der Waals surface area contributed by atoms with Gasteiger partial charge in [0.1, 0.15) is 6.61 Å². The summed E-state index contributed by atoms with van der Waals surface area (Å²) in [6.07, 6.45) is 5.48. The number of hydrogen-bond donors (Lipinski definition) is 2. The van der Waals surface area contributed by atoms with Gasteiger partial charge in [-0.1, -0.05) is 18.2 Å². The zero-order chi connectivity index (χ0) is 20.4. The molecule has 1 spiro atoms. The summed E-state index contributed by atoms with van der Waals surface area (Å²) < 4.78 is 5.73. The second-order valence-corrected chi connectivity index (χ2v) is 7.71. The predicted octanol–water partition coefficient (Wildman–Crippen LogP) is 1.72. The van der Waals surface area contributed by atoms with Gasteiger partial charge in [-0.25, -0.2) is 9.97 Å². The Hall–Kier alpha value is -3.00. The summed E-state index contributed by atoms with van der Waals surface area (Å²) in [5, 5.41) is 3.06. The molecule has 0 radical (unpaired) electrons. The maximum atomic E-state index is 12.8. The third-order valence-corrected chi connectivity index (χ3v) is 6.06. The van der Waals surface area contributed by atoms with Crippen molar-refractivity contribution in [3.63, 3.8) is 0 Å². The Morgan fingerprint density at radius 2 is 2.07 bits per heavy atom. The standard InChI is InChI=1S/C21H25N5O3/c1-14-6-7-21(16-4-2-3-5-17(16)25-20(21)28)8-9-26(14)10-11-29-15-12-23-19(18(22)27)24-13-15/h2-5,12-14H,6-11H2,1H3,(H2,22,27)(H,25,28). The first-order chi connectivity index (χ1) is 14.0. The smallest absolute Gasteiger partial charge is 0.286 e. The molecule has 2 atom stereocenters. The summed E-state index contributed by atoms with van der Waals surface area (Å²) in [5.74, 6) is -0.0750. The van der Waals surface area contributed by atoms with E-state index in [1.807, 2.05) is 18.2 Å². The van der Waals surface area contributed by atoms with Crippen LogP contribution in [0.15, 0.2) is 36.7 Å². The van der Waals surface area contributed by atoms with Crippen molar-refractivity contribution in [3.05, 3.63) is 48.0 Å². The largest absolute Gasteiger partial charge is 0.489 e. The van der Waals surface area contributed by atoms with Gasteiger partial charge in [-0.3, -0.25) is 14.5 Å². The van der Waals surface area contributed by atoms with E-state index >= 15 is 0 Å². The fraction of sp³-hybridized carbons (Fsp3) is 0.429. The summed E-state index contributed by atoms with van der Waals surface area (Å²) >= 11 is 0. The van der Waals surface area contributed by atoms with Crippen molar-refractivity contribution in [2.24, 2.45) is 5.73 Å². The minimum Gasteiger partial charge on any atom is -0.489 e. The molecule has 4 rings (SSSR count). The number of nitrogens with one attached hydrogen (secondary N) is 1. The lowest BCUT2D eigenvalue weighted by atomic mass is 9.75. The maximum Gasteiger partial charge on any atom is 0.286 e. The number of nitrogens with zero attached hydrogens (tertiary/aromatic N) is 3. The number of para-hydroxylation sites is 1. The number of carbonyl (C=O) groups is 2. The van der Waals surface area contributed by atoms with E-state index in [-0.39, 0.29) is 11.7 Å². The van der Waals surface area contributed by atoms with E-state index in [4.69, 9.17) is 10.5 Å². The van der Waals surface area contributed by atoms with Gasteiger partial charge in [0.25, 0.3) is 5.91 Å². The van der Waals surface area contributed by atoms with E-state index in [1.165, 1.54) is 12.4 Å². The number of ether oxygens (including phenoxy) is 1. The van der Waals surface area contributed by atoms with Gasteiger partial charge in [-0.2, -0.15) is 0 Å². The molecule has 0 saturated carbocycles. The second-order valence-electron chi connectivity index (χ2n) is 7.71. The molecule has 29 heavy (non-hydrogen) atoms. The average Bonchev–Trinajstić information content (AvgIpc) is 2.88. The quantitative estimate of drug-likeness (QED) is 0.798. The van der Waals surface area contributed by atoms with Crippen LogP contribution in [0.25, 0.3) is 0 Å². The Morgan fingerprint density at radius 1 is 1.31 bits per heavy atom. The van der Waals surface area contributed by atoms with E-state index in [2.05, 4.69) is 33.2 Å². The molecule has 2 aliphatic rings. The van der Waals surface area contributed by atoms with Crippen LogP contribution in [-0.2, 0) is 10.2 Å². The minimum atomic E-state index is -0.665. The van der Waals surface area contributed by atoms with Crippen LogP contribution < -0.4 is 15.8 Å². The van der Waals surface area contributed by atoms with Crippen molar-refractivity contribution >= 4 is 17.5 Å². The lowest BCUT2D eigenvalue weighted by Crippen LogP contribution is -2.38. The van der Waals surface area contributed by atoms with Crippen molar-refractivity contribution in [2.45, 2.75) is 37.6 Å². The summed E-state index contributed by atoms with van der Waals surface area (Å²) in [6, 6.07) is 8.37. The molecule has 2 amide bonds. The number of aromatic nitrogens is 2. The topological polar surface area (TPSA) is 110 Å². The van der Waals surface area contributed by atoms with Crippen molar-refractivity contribution in [3.8, 4) is 5.75 Å². The first-order valence-electron chi connectivity index (χ1n) is 9.89. The lowest BCUT2D eigenvalue weighted by molar-refractivity contribution is -0.121. The van der Waals surface area contributed by atoms with E-state index in [1.54, 1.807) is 0 Å². The highest BCUT2D eigenvalue weighted by molar-refractivity contribution is 6.06. The minimum absolute atomic E-state index is 0.0288. The number of rotatable bonds is 5. The second kappa shape index (κ2) is 7.79. The molecule has 8 heteroatoms. The summed E-state index contributed by atoms with van der Waals surface area (Å²) in [6.45, 7) is 4.23. The van der Waals surface area contributed by atoms with E-state index in [0.717, 1.165) is 43.6 Å². The van der Waals surface area contributed by atoms with Gasteiger partial charge in [0, 0.05) is 18.3 Å². The SMILES string of the molecule is CC1CCC2(CCN1CCOc1cnc(C(N)=O)nc1)C(=O)Nc1ccccc12. The molecule has 8 nitrogen and oxygen atoms in total. The molecule has 3 N–H and O–H groups in total. The third-order valence-electron chi connectivity index (χ3n) is 6.06. The van der Waals surface area contributed by atoms with Crippen molar-refractivity contribution in [1.29, 1.82) is 0 Å². The molecule has 3 heterocycles. The van der Waals surface area contributed by atoms with Crippen molar-refractivity contribution in [1.82, 2.24) is 14.9 Å². The van der Waals surface area contributed by atoms with Crippen LogP contribution in [0.5, 0.6) is 5.75 Å². The molecular weight excluding hydrogens is 370 g/mol. The van der Waals surface area contributed by atoms with E-state index in [0.29, 0.717) is 18.4 Å². The third kappa shape index (κ3) is 3.67. The number of anilines is 1.